The van der Waals surface area contributed by atoms with Crippen molar-refractivity contribution < 1.29 is 14.6 Å². The number of hydrogen-bond acceptors (Lipinski definition) is 5. The lowest BCUT2D eigenvalue weighted by molar-refractivity contribution is 0.0636. The number of aryl methyl sites for hydroxylation is 1. The molecule has 0 aliphatic heterocycles. The summed E-state index contributed by atoms with van der Waals surface area (Å²) in [5, 5.41) is 12.5. The van der Waals surface area contributed by atoms with E-state index in [4.69, 9.17) is 4.74 Å². The maximum Gasteiger partial charge on any atom is 0.413 e. The van der Waals surface area contributed by atoms with Crippen molar-refractivity contribution in [2.75, 3.05) is 11.9 Å². The lowest BCUT2D eigenvalue weighted by atomic mass is 9.89. The Bertz CT molecular complexity index is 475. The highest BCUT2D eigenvalue weighted by Crippen LogP contribution is 2.30. The zero-order valence-electron chi connectivity index (χ0n) is 13.0. The van der Waals surface area contributed by atoms with Crippen LogP contribution in [-0.2, 0) is 11.2 Å². The zero-order chi connectivity index (χ0) is 15.6. The van der Waals surface area contributed by atoms with E-state index in [-0.39, 0.29) is 12.0 Å². The Hall–Kier alpha value is -1.14. The number of aliphatic hydroxyl groups is 1. The molecule has 1 heterocycles. The summed E-state index contributed by atoms with van der Waals surface area (Å²) in [6.45, 7) is 11.4. The Morgan fingerprint density at radius 3 is 2.45 bits per heavy atom. The number of aliphatic hydroxyl groups excluding tert-OH is 1. The third kappa shape index (κ3) is 5.46. The van der Waals surface area contributed by atoms with Crippen LogP contribution < -0.4 is 5.32 Å². The molecule has 6 heteroatoms. The van der Waals surface area contributed by atoms with Crippen molar-refractivity contribution in [2.45, 2.75) is 53.6 Å². The fraction of sp³-hybridized carbons (Fsp3) is 0.714. The standard InChI is InChI=1S/C14H24N2O3S/c1-9-10(7-14(5,6)8-17)20-11(15-9)16-12(18)19-13(2,3)4/h17H,7-8H2,1-6H3,(H,15,16,18). The number of nitrogens with zero attached hydrogens (tertiary/aromatic N) is 1. The number of rotatable bonds is 4. The SMILES string of the molecule is Cc1nc(NC(=O)OC(C)(C)C)sc1CC(C)(C)CO. The molecule has 1 aromatic heterocycles. The maximum absolute atomic E-state index is 11.7. The molecule has 0 radical (unpaired) electrons. The largest absolute Gasteiger partial charge is 0.444 e. The minimum Gasteiger partial charge on any atom is -0.444 e. The second-order valence-electron chi connectivity index (χ2n) is 6.65. The van der Waals surface area contributed by atoms with Gasteiger partial charge < -0.3 is 9.84 Å². The van der Waals surface area contributed by atoms with Gasteiger partial charge in [-0.25, -0.2) is 9.78 Å². The van der Waals surface area contributed by atoms with Gasteiger partial charge in [0.25, 0.3) is 0 Å². The first-order valence-corrected chi connectivity index (χ1v) is 7.41. The van der Waals surface area contributed by atoms with Crippen LogP contribution in [-0.4, -0.2) is 28.4 Å². The lowest BCUT2D eigenvalue weighted by Gasteiger charge is -2.20. The van der Waals surface area contributed by atoms with Gasteiger partial charge in [-0.05, 0) is 39.5 Å². The number of carbonyl (C=O) groups excluding carboxylic acids is 1. The summed E-state index contributed by atoms with van der Waals surface area (Å²) in [5.74, 6) is 0. The van der Waals surface area contributed by atoms with Crippen LogP contribution in [0.3, 0.4) is 0 Å². The number of hydrogen-bond donors (Lipinski definition) is 2. The fourth-order valence-corrected chi connectivity index (χ4v) is 2.73. The molecule has 0 unspecified atom stereocenters. The molecule has 0 aliphatic carbocycles. The van der Waals surface area contributed by atoms with Crippen molar-refractivity contribution >= 4 is 22.6 Å². The summed E-state index contributed by atoms with van der Waals surface area (Å²) in [7, 11) is 0. The third-order valence-electron chi connectivity index (χ3n) is 2.57. The Kier molecular flexibility index (Phi) is 5.15. The van der Waals surface area contributed by atoms with Crippen molar-refractivity contribution in [3.8, 4) is 0 Å². The van der Waals surface area contributed by atoms with Gasteiger partial charge in [-0.3, -0.25) is 5.32 Å². The van der Waals surface area contributed by atoms with Crippen LogP contribution >= 0.6 is 11.3 Å². The number of carbonyl (C=O) groups is 1. The molecule has 1 rings (SSSR count). The van der Waals surface area contributed by atoms with Crippen molar-refractivity contribution in [3.05, 3.63) is 10.6 Å². The van der Waals surface area contributed by atoms with E-state index in [0.29, 0.717) is 5.13 Å². The van der Waals surface area contributed by atoms with Crippen molar-refractivity contribution in [3.63, 3.8) is 0 Å². The Morgan fingerprint density at radius 1 is 1.35 bits per heavy atom. The van der Waals surface area contributed by atoms with Crippen molar-refractivity contribution in [1.82, 2.24) is 4.98 Å². The zero-order valence-corrected chi connectivity index (χ0v) is 13.8. The molecule has 1 aromatic rings. The van der Waals surface area contributed by atoms with E-state index in [0.717, 1.165) is 17.0 Å². The molecule has 0 saturated carbocycles. The van der Waals surface area contributed by atoms with Gasteiger partial charge in [0, 0.05) is 11.5 Å². The topological polar surface area (TPSA) is 71.5 Å². The maximum atomic E-state index is 11.7. The highest BCUT2D eigenvalue weighted by molar-refractivity contribution is 7.15. The number of amides is 1. The summed E-state index contributed by atoms with van der Waals surface area (Å²) in [4.78, 5) is 17.1. The number of anilines is 1. The van der Waals surface area contributed by atoms with Crippen LogP contribution in [0.25, 0.3) is 0 Å². The molecule has 0 fully saturated rings. The molecular formula is C14H24N2O3S. The summed E-state index contributed by atoms with van der Waals surface area (Å²) in [6, 6.07) is 0. The monoisotopic (exact) mass is 300 g/mol. The molecule has 114 valence electrons. The van der Waals surface area contributed by atoms with E-state index in [1.807, 2.05) is 41.5 Å². The molecule has 0 bridgehead atoms. The van der Waals surface area contributed by atoms with Crippen LogP contribution in [0, 0.1) is 12.3 Å². The first-order chi connectivity index (χ1) is 9.02. The van der Waals surface area contributed by atoms with E-state index in [1.54, 1.807) is 0 Å². The van der Waals surface area contributed by atoms with Gasteiger partial charge in [0.05, 0.1) is 5.69 Å². The molecule has 0 aromatic carbocycles. The Balaban J connectivity index is 2.73. The molecule has 0 spiro atoms. The number of thiazole rings is 1. The Labute approximate surface area is 124 Å². The van der Waals surface area contributed by atoms with Gasteiger partial charge in [0.1, 0.15) is 5.60 Å². The van der Waals surface area contributed by atoms with Crippen LogP contribution in [0.1, 0.15) is 45.2 Å². The molecular weight excluding hydrogens is 276 g/mol. The van der Waals surface area contributed by atoms with Crippen molar-refractivity contribution in [2.24, 2.45) is 5.41 Å². The molecule has 0 aliphatic rings. The highest BCUT2D eigenvalue weighted by Gasteiger charge is 2.22. The summed E-state index contributed by atoms with van der Waals surface area (Å²) < 4.78 is 5.19. The molecule has 20 heavy (non-hydrogen) atoms. The van der Waals surface area contributed by atoms with Crippen molar-refractivity contribution in [1.29, 1.82) is 0 Å². The second-order valence-corrected chi connectivity index (χ2v) is 7.74. The van der Waals surface area contributed by atoms with Crippen LogP contribution in [0.15, 0.2) is 0 Å². The van der Waals surface area contributed by atoms with Gasteiger partial charge in [-0.15, -0.1) is 11.3 Å². The normalized spacial score (nSPS) is 12.3. The van der Waals surface area contributed by atoms with Gasteiger partial charge in [-0.2, -0.15) is 0 Å². The predicted molar refractivity (Wildman–Crippen MR) is 81.3 cm³/mol. The Morgan fingerprint density at radius 2 is 1.95 bits per heavy atom. The predicted octanol–water partition coefficient (Wildman–Crippen LogP) is 3.36. The number of aromatic nitrogens is 1. The lowest BCUT2D eigenvalue weighted by Crippen LogP contribution is -2.27. The first kappa shape index (κ1) is 16.9. The molecule has 2 N–H and O–H groups in total. The molecule has 0 saturated heterocycles. The van der Waals surface area contributed by atoms with E-state index in [1.165, 1.54) is 11.3 Å². The smallest absolute Gasteiger partial charge is 0.413 e. The van der Waals surface area contributed by atoms with Crippen LogP contribution in [0.2, 0.25) is 0 Å². The van der Waals surface area contributed by atoms with Gasteiger partial charge >= 0.3 is 6.09 Å². The molecule has 0 atom stereocenters. The minimum atomic E-state index is -0.530. The van der Waals surface area contributed by atoms with E-state index in [9.17, 15) is 9.90 Å². The third-order valence-corrected chi connectivity index (χ3v) is 3.64. The summed E-state index contributed by atoms with van der Waals surface area (Å²) in [5.41, 5.74) is 0.154. The van der Waals surface area contributed by atoms with E-state index < -0.39 is 11.7 Å². The molecule has 1 amide bonds. The summed E-state index contributed by atoms with van der Waals surface area (Å²) in [6.07, 6.45) is 0.224. The first-order valence-electron chi connectivity index (χ1n) is 6.59. The summed E-state index contributed by atoms with van der Waals surface area (Å²) >= 11 is 1.42. The molecule has 5 nitrogen and oxygen atoms in total. The average molecular weight is 300 g/mol. The van der Waals surface area contributed by atoms with E-state index in [2.05, 4.69) is 10.3 Å². The van der Waals surface area contributed by atoms with Gasteiger partial charge in [0.15, 0.2) is 5.13 Å². The number of nitrogens with one attached hydrogen (secondary N) is 1. The fourth-order valence-electron chi connectivity index (χ4n) is 1.53. The van der Waals surface area contributed by atoms with Crippen LogP contribution in [0.5, 0.6) is 0 Å². The van der Waals surface area contributed by atoms with Gasteiger partial charge in [0.2, 0.25) is 0 Å². The van der Waals surface area contributed by atoms with E-state index >= 15 is 0 Å². The minimum absolute atomic E-state index is 0.110. The average Bonchev–Trinajstić information content (AvgIpc) is 2.55. The van der Waals surface area contributed by atoms with Crippen LogP contribution in [0.4, 0.5) is 9.93 Å². The second kappa shape index (κ2) is 6.10. The highest BCUT2D eigenvalue weighted by atomic mass is 32.1. The van der Waals surface area contributed by atoms with Gasteiger partial charge in [-0.1, -0.05) is 13.8 Å². The number of ether oxygens (including phenoxy) is 1. The quantitative estimate of drug-likeness (QED) is 0.894.